The molecule has 2 amide bonds. The summed E-state index contributed by atoms with van der Waals surface area (Å²) in [5, 5.41) is 13.2. The van der Waals surface area contributed by atoms with Gasteiger partial charge in [-0.3, -0.25) is 4.79 Å². The Morgan fingerprint density at radius 3 is 2.83 bits per heavy atom. The Hall–Kier alpha value is -2.24. The maximum atomic E-state index is 11.2. The first-order chi connectivity index (χ1) is 8.65. The molecule has 0 saturated heterocycles. The van der Waals surface area contributed by atoms with Crippen LogP contribution >= 0.6 is 0 Å². The van der Waals surface area contributed by atoms with E-state index in [1.54, 1.807) is 0 Å². The normalized spacial score (nSPS) is 16.6. The fourth-order valence-electron chi connectivity index (χ4n) is 1.79. The van der Waals surface area contributed by atoms with Crippen LogP contribution in [-0.2, 0) is 11.2 Å². The largest absolute Gasteiger partial charge is 0.488 e. The van der Waals surface area contributed by atoms with Crippen LogP contribution in [0.3, 0.4) is 0 Å². The Labute approximate surface area is 104 Å². The number of ether oxygens (including phenoxy) is 1. The predicted octanol–water partition coefficient (Wildman–Crippen LogP) is 0.374. The minimum atomic E-state index is -1.07. The summed E-state index contributed by atoms with van der Waals surface area (Å²) in [6, 6.07) is 7.21. The van der Waals surface area contributed by atoms with Gasteiger partial charge in [0.1, 0.15) is 18.4 Å². The number of para-hydroxylation sites is 1. The predicted molar refractivity (Wildman–Crippen MR) is 63.6 cm³/mol. The zero-order valence-corrected chi connectivity index (χ0v) is 9.68. The van der Waals surface area contributed by atoms with Gasteiger partial charge in [0.2, 0.25) is 0 Å². The molecule has 0 radical (unpaired) electrons. The Morgan fingerprint density at radius 2 is 2.11 bits per heavy atom. The number of fused-ring (bicyclic) bond motifs is 1. The quantitative estimate of drug-likeness (QED) is 0.720. The lowest BCUT2D eigenvalue weighted by Gasteiger charge is -2.11. The van der Waals surface area contributed by atoms with Gasteiger partial charge < -0.3 is 20.5 Å². The van der Waals surface area contributed by atoms with Crippen molar-refractivity contribution < 1.29 is 19.4 Å². The lowest BCUT2D eigenvalue weighted by molar-refractivity contribution is -0.135. The minimum absolute atomic E-state index is 0.0991. The maximum absolute atomic E-state index is 11.2. The Balaban J connectivity index is 1.73. The van der Waals surface area contributed by atoms with Crippen LogP contribution in [0, 0.1) is 0 Å². The molecule has 0 saturated carbocycles. The molecular formula is C12H14N2O4. The van der Waals surface area contributed by atoms with Crippen molar-refractivity contribution in [2.45, 2.75) is 12.5 Å². The topological polar surface area (TPSA) is 87.7 Å². The van der Waals surface area contributed by atoms with Crippen molar-refractivity contribution in [1.29, 1.82) is 0 Å². The van der Waals surface area contributed by atoms with Crippen molar-refractivity contribution in [3.05, 3.63) is 29.8 Å². The molecule has 0 aromatic heterocycles. The van der Waals surface area contributed by atoms with E-state index < -0.39 is 18.5 Å². The monoisotopic (exact) mass is 250 g/mol. The highest BCUT2D eigenvalue weighted by atomic mass is 16.5. The summed E-state index contributed by atoms with van der Waals surface area (Å²) in [4.78, 5) is 21.5. The number of urea groups is 1. The third kappa shape index (κ3) is 3.13. The van der Waals surface area contributed by atoms with Gasteiger partial charge in [-0.15, -0.1) is 0 Å². The van der Waals surface area contributed by atoms with E-state index in [1.165, 1.54) is 0 Å². The second kappa shape index (κ2) is 5.39. The molecule has 1 aromatic rings. The average molecular weight is 250 g/mol. The molecule has 0 bridgehead atoms. The van der Waals surface area contributed by atoms with Crippen molar-refractivity contribution in [1.82, 2.24) is 10.6 Å². The van der Waals surface area contributed by atoms with Gasteiger partial charge in [0.15, 0.2) is 0 Å². The number of carbonyl (C=O) groups is 2. The van der Waals surface area contributed by atoms with Crippen LogP contribution < -0.4 is 15.4 Å². The fraction of sp³-hybridized carbons (Fsp3) is 0.333. The molecule has 1 aliphatic rings. The molecule has 1 aliphatic heterocycles. The van der Waals surface area contributed by atoms with Gasteiger partial charge in [0, 0.05) is 6.42 Å². The van der Waals surface area contributed by atoms with Gasteiger partial charge in [0.25, 0.3) is 0 Å². The molecule has 1 atom stereocenters. The molecule has 0 fully saturated rings. The Bertz CT molecular complexity index is 436. The summed E-state index contributed by atoms with van der Waals surface area (Å²) in [7, 11) is 0. The van der Waals surface area contributed by atoms with Crippen LogP contribution in [0.2, 0.25) is 0 Å². The van der Waals surface area contributed by atoms with Crippen molar-refractivity contribution in [3.8, 4) is 5.75 Å². The summed E-state index contributed by atoms with van der Waals surface area (Å²) in [5.74, 6) is -0.232. The lowest BCUT2D eigenvalue weighted by atomic mass is 10.1. The van der Waals surface area contributed by atoms with E-state index in [9.17, 15) is 9.59 Å². The molecule has 6 heteroatoms. The van der Waals surface area contributed by atoms with Crippen LogP contribution in [-0.4, -0.2) is 36.3 Å². The summed E-state index contributed by atoms with van der Waals surface area (Å²) < 4.78 is 5.62. The van der Waals surface area contributed by atoms with Crippen LogP contribution in [0.4, 0.5) is 4.79 Å². The summed E-state index contributed by atoms with van der Waals surface area (Å²) >= 11 is 0. The smallest absolute Gasteiger partial charge is 0.323 e. The first-order valence-corrected chi connectivity index (χ1v) is 5.63. The third-order valence-electron chi connectivity index (χ3n) is 2.60. The number of benzene rings is 1. The van der Waals surface area contributed by atoms with Crippen molar-refractivity contribution in [3.63, 3.8) is 0 Å². The zero-order chi connectivity index (χ0) is 13.0. The molecular weight excluding hydrogens is 236 g/mol. The number of carbonyl (C=O) groups excluding carboxylic acids is 1. The molecule has 96 valence electrons. The number of carboxylic acids is 1. The van der Waals surface area contributed by atoms with E-state index in [0.717, 1.165) is 17.7 Å². The van der Waals surface area contributed by atoms with E-state index in [2.05, 4.69) is 10.6 Å². The first kappa shape index (κ1) is 12.2. The van der Waals surface area contributed by atoms with Gasteiger partial charge in [-0.2, -0.15) is 0 Å². The van der Waals surface area contributed by atoms with Crippen LogP contribution in [0.15, 0.2) is 24.3 Å². The molecule has 3 N–H and O–H groups in total. The molecule has 0 spiro atoms. The Kier molecular flexibility index (Phi) is 3.66. The molecule has 1 unspecified atom stereocenters. The number of aliphatic carboxylic acids is 1. The summed E-state index contributed by atoms with van der Waals surface area (Å²) in [6.45, 7) is -0.0439. The van der Waals surface area contributed by atoms with Crippen LogP contribution in [0.5, 0.6) is 5.75 Å². The van der Waals surface area contributed by atoms with Gasteiger partial charge >= 0.3 is 12.0 Å². The Morgan fingerprint density at radius 1 is 1.33 bits per heavy atom. The van der Waals surface area contributed by atoms with E-state index in [0.29, 0.717) is 6.54 Å². The highest BCUT2D eigenvalue weighted by Gasteiger charge is 2.22. The van der Waals surface area contributed by atoms with Gasteiger partial charge in [-0.1, -0.05) is 18.2 Å². The highest BCUT2D eigenvalue weighted by Crippen LogP contribution is 2.27. The molecule has 1 heterocycles. The van der Waals surface area contributed by atoms with Crippen molar-refractivity contribution >= 4 is 12.0 Å². The first-order valence-electron chi connectivity index (χ1n) is 5.63. The van der Waals surface area contributed by atoms with E-state index in [1.807, 2.05) is 24.3 Å². The van der Waals surface area contributed by atoms with Gasteiger partial charge in [0.05, 0.1) is 6.54 Å². The number of carboxylic acid groups (broad SMARTS) is 1. The second-order valence-corrected chi connectivity index (χ2v) is 4.01. The minimum Gasteiger partial charge on any atom is -0.488 e. The number of hydrogen-bond donors (Lipinski definition) is 3. The number of nitrogens with one attached hydrogen (secondary N) is 2. The zero-order valence-electron chi connectivity index (χ0n) is 9.68. The standard InChI is InChI=1S/C12H14N2O4/c15-11(16)7-14-12(17)13-6-9-5-8-3-1-2-4-10(8)18-9/h1-4,9H,5-7H2,(H,15,16)(H2,13,14,17). The molecule has 6 nitrogen and oxygen atoms in total. The van der Waals surface area contributed by atoms with Crippen molar-refractivity contribution in [2.75, 3.05) is 13.1 Å². The number of hydrogen-bond acceptors (Lipinski definition) is 3. The number of rotatable bonds is 4. The van der Waals surface area contributed by atoms with Crippen LogP contribution in [0.1, 0.15) is 5.56 Å². The third-order valence-corrected chi connectivity index (χ3v) is 2.60. The summed E-state index contributed by atoms with van der Waals surface area (Å²) in [5.41, 5.74) is 1.12. The molecule has 1 aromatic carbocycles. The second-order valence-electron chi connectivity index (χ2n) is 4.01. The van der Waals surface area contributed by atoms with Gasteiger partial charge in [-0.05, 0) is 11.6 Å². The van der Waals surface area contributed by atoms with Crippen LogP contribution in [0.25, 0.3) is 0 Å². The fourth-order valence-corrected chi connectivity index (χ4v) is 1.79. The number of amides is 2. The lowest BCUT2D eigenvalue weighted by Crippen LogP contribution is -2.42. The van der Waals surface area contributed by atoms with E-state index in [-0.39, 0.29) is 6.10 Å². The molecule has 18 heavy (non-hydrogen) atoms. The summed E-state index contributed by atoms with van der Waals surface area (Å²) in [6.07, 6.45) is 0.646. The SMILES string of the molecule is O=C(O)CNC(=O)NCC1Cc2ccccc2O1. The molecule has 0 aliphatic carbocycles. The maximum Gasteiger partial charge on any atom is 0.323 e. The van der Waals surface area contributed by atoms with E-state index in [4.69, 9.17) is 9.84 Å². The average Bonchev–Trinajstić information content (AvgIpc) is 2.76. The van der Waals surface area contributed by atoms with E-state index >= 15 is 0 Å². The van der Waals surface area contributed by atoms with Crippen molar-refractivity contribution in [2.24, 2.45) is 0 Å². The highest BCUT2D eigenvalue weighted by molar-refractivity contribution is 5.79. The molecule has 2 rings (SSSR count). The van der Waals surface area contributed by atoms with Gasteiger partial charge in [-0.25, -0.2) is 4.79 Å².